The SMILES string of the molecule is COc1cccc(NC2(C(=O)O)CCCCC2)c1[N+](=O)[O-]. The molecule has 0 aliphatic heterocycles. The summed E-state index contributed by atoms with van der Waals surface area (Å²) >= 11 is 0. The zero-order chi connectivity index (χ0) is 15.5. The molecule has 1 fully saturated rings. The number of hydrogen-bond acceptors (Lipinski definition) is 5. The maximum atomic E-state index is 11.7. The van der Waals surface area contributed by atoms with Gasteiger partial charge in [-0.25, -0.2) is 4.79 Å². The molecule has 7 nitrogen and oxygen atoms in total. The Hall–Kier alpha value is -2.31. The monoisotopic (exact) mass is 294 g/mol. The number of para-hydroxylation sites is 1. The number of benzene rings is 1. The van der Waals surface area contributed by atoms with E-state index in [1.165, 1.54) is 19.2 Å². The number of rotatable bonds is 5. The van der Waals surface area contributed by atoms with Crippen LogP contribution in [0.25, 0.3) is 0 Å². The summed E-state index contributed by atoms with van der Waals surface area (Å²) in [6, 6.07) is 4.60. The predicted molar refractivity (Wildman–Crippen MR) is 76.7 cm³/mol. The summed E-state index contributed by atoms with van der Waals surface area (Å²) in [5, 5.41) is 23.7. The van der Waals surface area contributed by atoms with Crippen LogP contribution in [0.1, 0.15) is 32.1 Å². The average Bonchev–Trinajstić information content (AvgIpc) is 2.47. The van der Waals surface area contributed by atoms with Crippen molar-refractivity contribution in [2.75, 3.05) is 12.4 Å². The molecule has 1 aromatic carbocycles. The van der Waals surface area contributed by atoms with Crippen LogP contribution in [-0.4, -0.2) is 28.6 Å². The molecule has 0 atom stereocenters. The van der Waals surface area contributed by atoms with Gasteiger partial charge in [0.25, 0.3) is 0 Å². The first-order chi connectivity index (χ1) is 10.00. The molecule has 2 N–H and O–H groups in total. The number of anilines is 1. The highest BCUT2D eigenvalue weighted by molar-refractivity contribution is 5.85. The van der Waals surface area contributed by atoms with Crippen molar-refractivity contribution >= 4 is 17.3 Å². The number of nitro groups is 1. The van der Waals surface area contributed by atoms with E-state index >= 15 is 0 Å². The van der Waals surface area contributed by atoms with Crippen LogP contribution in [0.3, 0.4) is 0 Å². The third-order valence-corrected chi connectivity index (χ3v) is 3.89. The second kappa shape index (κ2) is 5.99. The molecule has 0 amide bonds. The largest absolute Gasteiger partial charge is 0.490 e. The van der Waals surface area contributed by atoms with Crippen molar-refractivity contribution in [1.29, 1.82) is 0 Å². The number of aliphatic carboxylic acids is 1. The Labute approximate surface area is 122 Å². The average molecular weight is 294 g/mol. The van der Waals surface area contributed by atoms with Crippen molar-refractivity contribution in [2.24, 2.45) is 0 Å². The lowest BCUT2D eigenvalue weighted by atomic mass is 9.81. The number of nitrogens with one attached hydrogen (secondary N) is 1. The first-order valence-corrected chi connectivity index (χ1v) is 6.83. The van der Waals surface area contributed by atoms with Crippen LogP contribution in [0.5, 0.6) is 5.75 Å². The molecule has 1 aliphatic rings. The molecule has 114 valence electrons. The van der Waals surface area contributed by atoms with Crippen LogP contribution in [0.4, 0.5) is 11.4 Å². The Morgan fingerprint density at radius 2 is 2.05 bits per heavy atom. The Morgan fingerprint density at radius 1 is 1.38 bits per heavy atom. The van der Waals surface area contributed by atoms with Gasteiger partial charge < -0.3 is 15.2 Å². The van der Waals surface area contributed by atoms with Crippen LogP contribution in [0.2, 0.25) is 0 Å². The van der Waals surface area contributed by atoms with E-state index in [0.717, 1.165) is 19.3 Å². The van der Waals surface area contributed by atoms with Gasteiger partial charge in [0.1, 0.15) is 11.2 Å². The van der Waals surface area contributed by atoms with Gasteiger partial charge in [0.2, 0.25) is 0 Å². The predicted octanol–water partition coefficient (Wildman–Crippen LogP) is 2.80. The molecule has 0 heterocycles. The van der Waals surface area contributed by atoms with Gasteiger partial charge in [-0.05, 0) is 25.0 Å². The summed E-state index contributed by atoms with van der Waals surface area (Å²) in [6.07, 6.45) is 3.47. The first-order valence-electron chi connectivity index (χ1n) is 6.83. The molecule has 0 radical (unpaired) electrons. The van der Waals surface area contributed by atoms with E-state index in [9.17, 15) is 20.0 Å². The molecule has 0 spiro atoms. The number of carboxylic acid groups (broad SMARTS) is 1. The summed E-state index contributed by atoms with van der Waals surface area (Å²) < 4.78 is 5.00. The molecule has 1 saturated carbocycles. The molecule has 0 aromatic heterocycles. The minimum atomic E-state index is -1.14. The number of carboxylic acids is 1. The lowest BCUT2D eigenvalue weighted by Gasteiger charge is -2.34. The van der Waals surface area contributed by atoms with Gasteiger partial charge in [-0.2, -0.15) is 0 Å². The second-order valence-corrected chi connectivity index (χ2v) is 5.19. The molecule has 7 heteroatoms. The van der Waals surface area contributed by atoms with Crippen molar-refractivity contribution in [3.63, 3.8) is 0 Å². The first kappa shape index (κ1) is 15.1. The van der Waals surface area contributed by atoms with Gasteiger partial charge >= 0.3 is 11.7 Å². The Morgan fingerprint density at radius 3 is 2.57 bits per heavy atom. The van der Waals surface area contributed by atoms with E-state index in [1.54, 1.807) is 6.07 Å². The number of carbonyl (C=O) groups is 1. The van der Waals surface area contributed by atoms with Gasteiger partial charge in [0.15, 0.2) is 5.75 Å². The molecule has 1 aliphatic carbocycles. The fraction of sp³-hybridized carbons (Fsp3) is 0.500. The number of ether oxygens (including phenoxy) is 1. The zero-order valence-corrected chi connectivity index (χ0v) is 11.8. The maximum Gasteiger partial charge on any atom is 0.333 e. The summed E-state index contributed by atoms with van der Waals surface area (Å²) in [4.78, 5) is 22.4. The molecule has 2 rings (SSSR count). The zero-order valence-electron chi connectivity index (χ0n) is 11.8. The summed E-state index contributed by atoms with van der Waals surface area (Å²) in [5.41, 5.74) is -1.19. The highest BCUT2D eigenvalue weighted by atomic mass is 16.6. The lowest BCUT2D eigenvalue weighted by Crippen LogP contribution is -2.48. The van der Waals surface area contributed by atoms with E-state index in [1.807, 2.05) is 0 Å². The number of nitro benzene ring substituents is 1. The molecule has 0 bridgehead atoms. The second-order valence-electron chi connectivity index (χ2n) is 5.19. The fourth-order valence-corrected chi connectivity index (χ4v) is 2.78. The molecule has 0 unspecified atom stereocenters. The van der Waals surface area contributed by atoms with E-state index in [-0.39, 0.29) is 17.1 Å². The van der Waals surface area contributed by atoms with E-state index in [0.29, 0.717) is 12.8 Å². The van der Waals surface area contributed by atoms with Crippen molar-refractivity contribution < 1.29 is 19.6 Å². The van der Waals surface area contributed by atoms with E-state index in [2.05, 4.69) is 5.32 Å². The van der Waals surface area contributed by atoms with Gasteiger partial charge in [0.05, 0.1) is 12.0 Å². The molecule has 0 saturated heterocycles. The lowest BCUT2D eigenvalue weighted by molar-refractivity contribution is -0.384. The third-order valence-electron chi connectivity index (χ3n) is 3.89. The van der Waals surface area contributed by atoms with Crippen molar-refractivity contribution in [2.45, 2.75) is 37.6 Å². The van der Waals surface area contributed by atoms with Crippen molar-refractivity contribution in [3.05, 3.63) is 28.3 Å². The molecular weight excluding hydrogens is 276 g/mol. The third kappa shape index (κ3) is 2.91. The van der Waals surface area contributed by atoms with Crippen LogP contribution in [-0.2, 0) is 4.79 Å². The van der Waals surface area contributed by atoms with Gasteiger partial charge in [-0.1, -0.05) is 25.3 Å². The molecule has 1 aromatic rings. The smallest absolute Gasteiger partial charge is 0.333 e. The van der Waals surface area contributed by atoms with Crippen LogP contribution in [0, 0.1) is 10.1 Å². The standard InChI is InChI=1S/C14H18N2O5/c1-21-11-7-5-6-10(12(11)16(19)20)15-14(13(17)18)8-3-2-4-9-14/h5-7,15H,2-4,8-9H2,1H3,(H,17,18). The minimum Gasteiger partial charge on any atom is -0.490 e. The fourth-order valence-electron chi connectivity index (χ4n) is 2.78. The molecule has 21 heavy (non-hydrogen) atoms. The number of methoxy groups -OCH3 is 1. The highest BCUT2D eigenvalue weighted by Gasteiger charge is 2.41. The maximum absolute atomic E-state index is 11.7. The van der Waals surface area contributed by atoms with Crippen LogP contribution >= 0.6 is 0 Å². The van der Waals surface area contributed by atoms with Gasteiger partial charge in [-0.3, -0.25) is 10.1 Å². The Balaban J connectivity index is 2.41. The quantitative estimate of drug-likeness (QED) is 0.639. The van der Waals surface area contributed by atoms with Crippen LogP contribution < -0.4 is 10.1 Å². The number of nitrogens with zero attached hydrogens (tertiary/aromatic N) is 1. The van der Waals surface area contributed by atoms with Gasteiger partial charge in [-0.15, -0.1) is 0 Å². The van der Waals surface area contributed by atoms with Crippen molar-refractivity contribution in [3.8, 4) is 5.75 Å². The van der Waals surface area contributed by atoms with E-state index < -0.39 is 16.4 Å². The van der Waals surface area contributed by atoms with E-state index in [4.69, 9.17) is 4.74 Å². The minimum absolute atomic E-state index is 0.112. The number of hydrogen-bond donors (Lipinski definition) is 2. The van der Waals surface area contributed by atoms with Crippen molar-refractivity contribution in [1.82, 2.24) is 0 Å². The summed E-state index contributed by atoms with van der Waals surface area (Å²) in [5.74, 6) is -0.860. The van der Waals surface area contributed by atoms with Gasteiger partial charge in [0, 0.05) is 0 Å². The highest BCUT2D eigenvalue weighted by Crippen LogP contribution is 2.39. The summed E-state index contributed by atoms with van der Waals surface area (Å²) in [6.45, 7) is 0. The topological polar surface area (TPSA) is 102 Å². The van der Waals surface area contributed by atoms with Crippen LogP contribution in [0.15, 0.2) is 18.2 Å². The normalized spacial score (nSPS) is 17.0. The Bertz CT molecular complexity index is 552. The summed E-state index contributed by atoms with van der Waals surface area (Å²) in [7, 11) is 1.35. The molecular formula is C14H18N2O5. The Kier molecular flexibility index (Phi) is 4.30.